The normalized spacial score (nSPS) is 14.2. The maximum Gasteiger partial charge on any atom is 0.262 e. The minimum atomic E-state index is -0.775. The largest absolute Gasteiger partial charge is 0.342 e. The topological polar surface area (TPSA) is 58.2 Å². The monoisotopic (exact) mass is 380 g/mol. The number of rotatable bonds is 5. The number of hydrogen-bond acceptors (Lipinski definition) is 3. The molecule has 2 N–H and O–H groups in total. The van der Waals surface area contributed by atoms with Crippen molar-refractivity contribution in [2.24, 2.45) is 5.92 Å². The molecule has 1 aromatic heterocycles. The molecule has 25 heavy (non-hydrogen) atoms. The second kappa shape index (κ2) is 6.77. The standard InChI is InChI=1S/C18H18ClFN2O2S/c1-18(2,12-6-5-11(20)9-13(12)19)22-17(24)14-7-8-15(25-14)21-16(23)10-3-4-10/h5-10H,3-4H2,1-2H3,(H,21,23)(H,22,24). The van der Waals surface area contributed by atoms with Gasteiger partial charge in [0.1, 0.15) is 5.82 Å². The van der Waals surface area contributed by atoms with Crippen LogP contribution >= 0.6 is 22.9 Å². The Morgan fingerprint density at radius 1 is 1.24 bits per heavy atom. The number of halogens is 2. The molecule has 3 rings (SSSR count). The first kappa shape index (κ1) is 17.9. The number of carbonyl (C=O) groups is 2. The van der Waals surface area contributed by atoms with Crippen LogP contribution in [0, 0.1) is 11.7 Å². The zero-order valence-corrected chi connectivity index (χ0v) is 15.4. The Morgan fingerprint density at radius 2 is 1.96 bits per heavy atom. The molecule has 2 aromatic rings. The van der Waals surface area contributed by atoms with Crippen LogP contribution in [0.5, 0.6) is 0 Å². The zero-order valence-electron chi connectivity index (χ0n) is 13.9. The van der Waals surface area contributed by atoms with E-state index < -0.39 is 11.4 Å². The van der Waals surface area contributed by atoms with Gasteiger partial charge in [0.25, 0.3) is 5.91 Å². The van der Waals surface area contributed by atoms with E-state index in [0.717, 1.165) is 12.8 Å². The molecule has 1 aliphatic carbocycles. The van der Waals surface area contributed by atoms with Crippen LogP contribution in [0.4, 0.5) is 9.39 Å². The van der Waals surface area contributed by atoms with Crippen LogP contribution < -0.4 is 10.6 Å². The van der Waals surface area contributed by atoms with Crippen LogP contribution in [0.15, 0.2) is 30.3 Å². The summed E-state index contributed by atoms with van der Waals surface area (Å²) in [6.07, 6.45) is 1.86. The molecule has 0 aliphatic heterocycles. The highest BCUT2D eigenvalue weighted by molar-refractivity contribution is 7.18. The lowest BCUT2D eigenvalue weighted by molar-refractivity contribution is -0.117. The van der Waals surface area contributed by atoms with Gasteiger partial charge in [-0.25, -0.2) is 4.39 Å². The van der Waals surface area contributed by atoms with Crippen molar-refractivity contribution in [3.8, 4) is 0 Å². The van der Waals surface area contributed by atoms with Crippen molar-refractivity contribution in [3.63, 3.8) is 0 Å². The van der Waals surface area contributed by atoms with Crippen molar-refractivity contribution in [2.75, 3.05) is 5.32 Å². The fourth-order valence-electron chi connectivity index (χ4n) is 2.51. The lowest BCUT2D eigenvalue weighted by atomic mass is 9.94. The van der Waals surface area contributed by atoms with Crippen molar-refractivity contribution in [1.82, 2.24) is 5.32 Å². The summed E-state index contributed by atoms with van der Waals surface area (Å²) in [6, 6.07) is 7.49. The second-order valence-corrected chi connectivity index (χ2v) is 8.12. The van der Waals surface area contributed by atoms with E-state index in [1.165, 1.54) is 23.5 Å². The minimum absolute atomic E-state index is 0.00670. The molecule has 1 saturated carbocycles. The molecule has 0 atom stereocenters. The van der Waals surface area contributed by atoms with Gasteiger partial charge in [-0.2, -0.15) is 0 Å². The van der Waals surface area contributed by atoms with Crippen molar-refractivity contribution >= 4 is 39.8 Å². The van der Waals surface area contributed by atoms with Gasteiger partial charge in [-0.1, -0.05) is 17.7 Å². The molecule has 7 heteroatoms. The summed E-state index contributed by atoms with van der Waals surface area (Å²) in [6.45, 7) is 3.60. The summed E-state index contributed by atoms with van der Waals surface area (Å²) in [5, 5.41) is 6.64. The van der Waals surface area contributed by atoms with E-state index in [4.69, 9.17) is 11.6 Å². The predicted molar refractivity (Wildman–Crippen MR) is 97.6 cm³/mol. The van der Waals surface area contributed by atoms with Crippen LogP contribution in [-0.2, 0) is 10.3 Å². The highest BCUT2D eigenvalue weighted by Crippen LogP contribution is 2.32. The summed E-state index contributed by atoms with van der Waals surface area (Å²) in [4.78, 5) is 24.8. The van der Waals surface area contributed by atoms with Gasteiger partial charge in [0.2, 0.25) is 5.91 Å². The number of nitrogens with one attached hydrogen (secondary N) is 2. The van der Waals surface area contributed by atoms with E-state index in [9.17, 15) is 14.0 Å². The van der Waals surface area contributed by atoms with E-state index >= 15 is 0 Å². The minimum Gasteiger partial charge on any atom is -0.342 e. The van der Waals surface area contributed by atoms with Gasteiger partial charge >= 0.3 is 0 Å². The number of amides is 2. The van der Waals surface area contributed by atoms with Gasteiger partial charge < -0.3 is 10.6 Å². The van der Waals surface area contributed by atoms with Gasteiger partial charge in [0.05, 0.1) is 15.4 Å². The summed E-state index contributed by atoms with van der Waals surface area (Å²) in [7, 11) is 0. The lowest BCUT2D eigenvalue weighted by Crippen LogP contribution is -2.40. The molecule has 132 valence electrons. The van der Waals surface area contributed by atoms with Gasteiger partial charge in [-0.3, -0.25) is 9.59 Å². The number of anilines is 1. The van der Waals surface area contributed by atoms with E-state index in [1.807, 2.05) is 0 Å². The smallest absolute Gasteiger partial charge is 0.262 e. The highest BCUT2D eigenvalue weighted by atomic mass is 35.5. The first-order chi connectivity index (χ1) is 11.8. The molecule has 0 spiro atoms. The summed E-state index contributed by atoms with van der Waals surface area (Å²) in [5.41, 5.74) is -0.147. The Labute approximate surface area is 154 Å². The molecule has 2 amide bonds. The molecular weight excluding hydrogens is 363 g/mol. The Bertz CT molecular complexity index is 830. The Kier molecular flexibility index (Phi) is 4.84. The molecular formula is C18H18ClFN2O2S. The van der Waals surface area contributed by atoms with Gasteiger partial charge in [-0.05, 0) is 56.5 Å². The van der Waals surface area contributed by atoms with E-state index in [1.54, 1.807) is 32.0 Å². The van der Waals surface area contributed by atoms with Crippen molar-refractivity contribution in [3.05, 3.63) is 51.6 Å². The number of thiophene rings is 1. The molecule has 0 saturated heterocycles. The van der Waals surface area contributed by atoms with Crippen molar-refractivity contribution < 1.29 is 14.0 Å². The van der Waals surface area contributed by atoms with Crippen LogP contribution in [0.1, 0.15) is 41.9 Å². The Balaban J connectivity index is 1.70. The second-order valence-electron chi connectivity index (χ2n) is 6.63. The SMILES string of the molecule is CC(C)(NC(=O)c1ccc(NC(=O)C2CC2)s1)c1ccc(F)cc1Cl. The quantitative estimate of drug-likeness (QED) is 0.799. The van der Waals surface area contributed by atoms with Crippen LogP contribution in [0.25, 0.3) is 0 Å². The molecule has 0 bridgehead atoms. The van der Waals surface area contributed by atoms with Crippen LogP contribution in [0.3, 0.4) is 0 Å². The third kappa shape index (κ3) is 4.19. The highest BCUT2D eigenvalue weighted by Gasteiger charge is 2.30. The summed E-state index contributed by atoms with van der Waals surface area (Å²) >= 11 is 7.32. The Morgan fingerprint density at radius 3 is 2.60 bits per heavy atom. The van der Waals surface area contributed by atoms with E-state index in [2.05, 4.69) is 10.6 Å². The molecule has 1 aromatic carbocycles. The fraction of sp³-hybridized carbons (Fsp3) is 0.333. The Hall–Kier alpha value is -1.92. The first-order valence-corrected chi connectivity index (χ1v) is 9.14. The van der Waals surface area contributed by atoms with Crippen LogP contribution in [-0.4, -0.2) is 11.8 Å². The van der Waals surface area contributed by atoms with Crippen molar-refractivity contribution in [1.29, 1.82) is 0 Å². The molecule has 1 fully saturated rings. The van der Waals surface area contributed by atoms with Gasteiger partial charge in [0.15, 0.2) is 0 Å². The molecule has 4 nitrogen and oxygen atoms in total. The third-order valence-electron chi connectivity index (χ3n) is 4.05. The molecule has 1 heterocycles. The number of carbonyl (C=O) groups excluding carboxylic acids is 2. The van der Waals surface area contributed by atoms with Crippen LogP contribution in [0.2, 0.25) is 5.02 Å². The lowest BCUT2D eigenvalue weighted by Gasteiger charge is -2.27. The van der Waals surface area contributed by atoms with Gasteiger partial charge in [-0.15, -0.1) is 11.3 Å². The van der Waals surface area contributed by atoms with E-state index in [-0.39, 0.29) is 22.8 Å². The van der Waals surface area contributed by atoms with E-state index in [0.29, 0.717) is 15.4 Å². The zero-order chi connectivity index (χ0) is 18.2. The predicted octanol–water partition coefficient (Wildman–Crippen LogP) is 4.55. The van der Waals surface area contributed by atoms with Gasteiger partial charge in [0, 0.05) is 10.9 Å². The number of hydrogen-bond donors (Lipinski definition) is 2. The molecule has 0 unspecified atom stereocenters. The third-order valence-corrected chi connectivity index (χ3v) is 5.37. The molecule has 1 aliphatic rings. The average molecular weight is 381 g/mol. The fourth-order valence-corrected chi connectivity index (χ4v) is 3.71. The summed E-state index contributed by atoms with van der Waals surface area (Å²) < 4.78 is 13.2. The first-order valence-electron chi connectivity index (χ1n) is 7.95. The maximum atomic E-state index is 13.2. The maximum absolute atomic E-state index is 13.2. The number of benzene rings is 1. The van der Waals surface area contributed by atoms with Crippen molar-refractivity contribution in [2.45, 2.75) is 32.2 Å². The average Bonchev–Trinajstić information content (AvgIpc) is 3.26. The molecule has 0 radical (unpaired) electrons. The summed E-state index contributed by atoms with van der Waals surface area (Å²) in [5.74, 6) is -0.585.